The molecular weight excluding hydrogens is 210 g/mol. The first-order chi connectivity index (χ1) is 7.33. The van der Waals surface area contributed by atoms with Crippen LogP contribution >= 0.6 is 11.3 Å². The summed E-state index contributed by atoms with van der Waals surface area (Å²) in [4.78, 5) is 11.5. The van der Waals surface area contributed by atoms with E-state index in [1.165, 1.54) is 11.3 Å². The molecule has 0 aliphatic carbocycles. The van der Waals surface area contributed by atoms with Crippen LogP contribution in [0, 0.1) is 0 Å². The molecule has 2 aromatic heterocycles. The standard InChI is InChI=1S/C10H7N3OS/c14-6-1-2-7-8(5-6)15-10(13-7)9-11-3-4-12-9/h1-5,14H,(H,11,12). The maximum Gasteiger partial charge on any atom is 0.166 e. The Hall–Kier alpha value is -1.88. The van der Waals surface area contributed by atoms with Crippen molar-refractivity contribution < 1.29 is 5.11 Å². The SMILES string of the molecule is Oc1ccc2nc(-c3ncc[nH]3)sc2c1. The van der Waals surface area contributed by atoms with Crippen molar-refractivity contribution in [1.82, 2.24) is 15.0 Å². The van der Waals surface area contributed by atoms with Crippen LogP contribution in [0.4, 0.5) is 0 Å². The Bertz CT molecular complexity index is 600. The molecule has 0 aliphatic rings. The van der Waals surface area contributed by atoms with E-state index in [0.717, 1.165) is 21.0 Å². The number of H-pyrrole nitrogens is 1. The first-order valence-electron chi connectivity index (χ1n) is 4.42. The fraction of sp³-hybridized carbons (Fsp3) is 0. The molecule has 0 fully saturated rings. The van der Waals surface area contributed by atoms with Gasteiger partial charge in [-0.3, -0.25) is 0 Å². The van der Waals surface area contributed by atoms with E-state index >= 15 is 0 Å². The van der Waals surface area contributed by atoms with Gasteiger partial charge in [0.2, 0.25) is 0 Å². The third-order valence-corrected chi connectivity index (χ3v) is 3.10. The number of nitrogens with one attached hydrogen (secondary N) is 1. The zero-order valence-corrected chi connectivity index (χ0v) is 8.45. The van der Waals surface area contributed by atoms with Gasteiger partial charge < -0.3 is 10.1 Å². The van der Waals surface area contributed by atoms with Gasteiger partial charge in [0.05, 0.1) is 10.2 Å². The average molecular weight is 217 g/mol. The number of thiazole rings is 1. The van der Waals surface area contributed by atoms with Crippen LogP contribution in [0.1, 0.15) is 0 Å². The van der Waals surface area contributed by atoms with Crippen LogP contribution in [0.15, 0.2) is 30.6 Å². The molecule has 0 amide bonds. The van der Waals surface area contributed by atoms with Crippen LogP contribution in [0.2, 0.25) is 0 Å². The molecule has 3 rings (SSSR count). The van der Waals surface area contributed by atoms with Gasteiger partial charge in [0.15, 0.2) is 10.8 Å². The van der Waals surface area contributed by atoms with Gasteiger partial charge in [-0.15, -0.1) is 11.3 Å². The fourth-order valence-electron chi connectivity index (χ4n) is 1.40. The van der Waals surface area contributed by atoms with E-state index in [1.807, 2.05) is 0 Å². The lowest BCUT2D eigenvalue weighted by molar-refractivity contribution is 0.476. The Kier molecular flexibility index (Phi) is 1.72. The van der Waals surface area contributed by atoms with Crippen molar-refractivity contribution >= 4 is 21.6 Å². The second-order valence-corrected chi connectivity index (χ2v) is 4.14. The number of phenolic OH excluding ortho intramolecular Hbond substituents is 1. The Labute approximate surface area is 89.3 Å². The molecule has 15 heavy (non-hydrogen) atoms. The van der Waals surface area contributed by atoms with Crippen LogP contribution in [0.3, 0.4) is 0 Å². The van der Waals surface area contributed by atoms with Crippen molar-refractivity contribution in [2.24, 2.45) is 0 Å². The zero-order valence-electron chi connectivity index (χ0n) is 7.64. The summed E-state index contributed by atoms with van der Waals surface area (Å²) in [5.74, 6) is 1.02. The lowest BCUT2D eigenvalue weighted by Gasteiger charge is -1.87. The van der Waals surface area contributed by atoms with Crippen LogP contribution in [-0.4, -0.2) is 20.1 Å². The predicted octanol–water partition coefficient (Wildman–Crippen LogP) is 2.39. The van der Waals surface area contributed by atoms with E-state index in [1.54, 1.807) is 30.6 Å². The lowest BCUT2D eigenvalue weighted by Crippen LogP contribution is -1.76. The summed E-state index contributed by atoms with van der Waals surface area (Å²) in [6, 6.07) is 5.14. The lowest BCUT2D eigenvalue weighted by atomic mass is 10.3. The Morgan fingerprint density at radius 1 is 1.33 bits per heavy atom. The highest BCUT2D eigenvalue weighted by Crippen LogP contribution is 2.30. The summed E-state index contributed by atoms with van der Waals surface area (Å²) in [6.07, 6.45) is 3.46. The van der Waals surface area contributed by atoms with Gasteiger partial charge in [-0.25, -0.2) is 9.97 Å². The number of fused-ring (bicyclic) bond motifs is 1. The van der Waals surface area contributed by atoms with Gasteiger partial charge in [-0.05, 0) is 18.2 Å². The topological polar surface area (TPSA) is 61.8 Å². The second-order valence-electron chi connectivity index (χ2n) is 3.11. The van der Waals surface area contributed by atoms with Crippen LogP contribution in [0.25, 0.3) is 21.0 Å². The third-order valence-electron chi connectivity index (χ3n) is 2.07. The first kappa shape index (κ1) is 8.43. The van der Waals surface area contributed by atoms with Gasteiger partial charge in [-0.2, -0.15) is 0 Å². The Morgan fingerprint density at radius 3 is 3.07 bits per heavy atom. The number of nitrogens with zero attached hydrogens (tertiary/aromatic N) is 2. The molecule has 0 saturated carbocycles. The number of aromatic hydroxyl groups is 1. The molecule has 1 aromatic carbocycles. The van der Waals surface area contributed by atoms with E-state index in [9.17, 15) is 5.11 Å². The van der Waals surface area contributed by atoms with Gasteiger partial charge in [-0.1, -0.05) is 0 Å². The van der Waals surface area contributed by atoms with E-state index < -0.39 is 0 Å². The van der Waals surface area contributed by atoms with Crippen LogP contribution < -0.4 is 0 Å². The van der Waals surface area contributed by atoms with Gasteiger partial charge in [0.25, 0.3) is 0 Å². The minimum absolute atomic E-state index is 0.261. The largest absolute Gasteiger partial charge is 0.508 e. The number of hydrogen-bond donors (Lipinski definition) is 2. The van der Waals surface area contributed by atoms with Crippen molar-refractivity contribution in [2.75, 3.05) is 0 Å². The van der Waals surface area contributed by atoms with Crippen LogP contribution in [0.5, 0.6) is 5.75 Å². The van der Waals surface area contributed by atoms with Crippen molar-refractivity contribution in [3.05, 3.63) is 30.6 Å². The molecule has 74 valence electrons. The summed E-state index contributed by atoms with van der Waals surface area (Å²) >= 11 is 1.50. The van der Waals surface area contributed by atoms with Crippen LogP contribution in [-0.2, 0) is 0 Å². The summed E-state index contributed by atoms with van der Waals surface area (Å²) in [5, 5.41) is 10.2. The molecular formula is C10H7N3OS. The molecule has 0 aliphatic heterocycles. The van der Waals surface area contributed by atoms with Gasteiger partial charge in [0.1, 0.15) is 5.75 Å². The highest BCUT2D eigenvalue weighted by Gasteiger charge is 2.07. The minimum Gasteiger partial charge on any atom is -0.508 e. The summed E-state index contributed by atoms with van der Waals surface area (Å²) in [5.41, 5.74) is 0.879. The van der Waals surface area contributed by atoms with E-state index in [0.29, 0.717) is 0 Å². The number of aromatic amines is 1. The number of benzene rings is 1. The van der Waals surface area contributed by atoms with Crippen molar-refractivity contribution in [1.29, 1.82) is 0 Å². The molecule has 0 spiro atoms. The number of imidazole rings is 1. The van der Waals surface area contributed by atoms with E-state index in [-0.39, 0.29) is 5.75 Å². The zero-order chi connectivity index (χ0) is 10.3. The molecule has 5 heteroatoms. The molecule has 0 unspecified atom stereocenters. The average Bonchev–Trinajstić information content (AvgIpc) is 2.84. The third kappa shape index (κ3) is 1.37. The van der Waals surface area contributed by atoms with E-state index in [2.05, 4.69) is 15.0 Å². The summed E-state index contributed by atoms with van der Waals surface area (Å²) in [7, 11) is 0. The normalized spacial score (nSPS) is 10.9. The smallest absolute Gasteiger partial charge is 0.166 e. The molecule has 4 nitrogen and oxygen atoms in total. The van der Waals surface area contributed by atoms with E-state index in [4.69, 9.17) is 0 Å². The highest BCUT2D eigenvalue weighted by atomic mass is 32.1. The molecule has 0 atom stereocenters. The molecule has 0 saturated heterocycles. The number of aromatic nitrogens is 3. The summed E-state index contributed by atoms with van der Waals surface area (Å²) < 4.78 is 0.960. The molecule has 2 heterocycles. The Morgan fingerprint density at radius 2 is 2.27 bits per heavy atom. The van der Waals surface area contributed by atoms with Crippen molar-refractivity contribution in [3.8, 4) is 16.6 Å². The molecule has 0 bridgehead atoms. The monoisotopic (exact) mass is 217 g/mol. The molecule has 2 N–H and O–H groups in total. The second kappa shape index (κ2) is 3.06. The van der Waals surface area contributed by atoms with Gasteiger partial charge in [0, 0.05) is 12.4 Å². The minimum atomic E-state index is 0.261. The summed E-state index contributed by atoms with van der Waals surface area (Å²) in [6.45, 7) is 0. The predicted molar refractivity (Wildman–Crippen MR) is 58.9 cm³/mol. The number of rotatable bonds is 1. The molecule has 3 aromatic rings. The number of phenols is 1. The number of hydrogen-bond acceptors (Lipinski definition) is 4. The maximum absolute atomic E-state index is 9.33. The fourth-order valence-corrected chi connectivity index (χ4v) is 2.36. The van der Waals surface area contributed by atoms with Crippen molar-refractivity contribution in [2.45, 2.75) is 0 Å². The molecule has 0 radical (unpaired) electrons. The van der Waals surface area contributed by atoms with Crippen molar-refractivity contribution in [3.63, 3.8) is 0 Å². The maximum atomic E-state index is 9.33. The highest BCUT2D eigenvalue weighted by molar-refractivity contribution is 7.21. The van der Waals surface area contributed by atoms with Gasteiger partial charge >= 0.3 is 0 Å². The Balaban J connectivity index is 2.22. The first-order valence-corrected chi connectivity index (χ1v) is 5.24. The quantitative estimate of drug-likeness (QED) is 0.658.